The maximum absolute atomic E-state index is 6.20. The van der Waals surface area contributed by atoms with Crippen molar-refractivity contribution in [3.63, 3.8) is 0 Å². The van der Waals surface area contributed by atoms with E-state index in [0.29, 0.717) is 17.4 Å². The predicted molar refractivity (Wildman–Crippen MR) is 66.2 cm³/mol. The van der Waals surface area contributed by atoms with Crippen LogP contribution in [-0.2, 0) is 18.4 Å². The summed E-state index contributed by atoms with van der Waals surface area (Å²) in [6, 6.07) is 0. The molecule has 6 nitrogen and oxygen atoms in total. The van der Waals surface area contributed by atoms with Crippen LogP contribution in [0, 0.1) is 0 Å². The van der Waals surface area contributed by atoms with E-state index in [4.69, 9.17) is 14.8 Å². The second-order valence-electron chi connectivity index (χ2n) is 5.57. The van der Waals surface area contributed by atoms with Crippen LogP contribution in [0.15, 0.2) is 9.05 Å². The van der Waals surface area contributed by atoms with Gasteiger partial charge in [-0.05, 0) is 38.5 Å². The van der Waals surface area contributed by atoms with Crippen LogP contribution in [0.4, 0.5) is 0 Å². The average Bonchev–Trinajstić information content (AvgIpc) is 3.02. The van der Waals surface area contributed by atoms with E-state index in [2.05, 4.69) is 15.3 Å². The highest BCUT2D eigenvalue weighted by atomic mass is 16.5. The molecule has 2 aliphatic rings. The van der Waals surface area contributed by atoms with Crippen molar-refractivity contribution in [1.82, 2.24) is 15.3 Å². The molecule has 2 heterocycles. The van der Waals surface area contributed by atoms with Crippen molar-refractivity contribution in [2.75, 3.05) is 0 Å². The summed E-state index contributed by atoms with van der Waals surface area (Å²) in [4.78, 5) is 4.43. The van der Waals surface area contributed by atoms with Crippen LogP contribution in [0.5, 0.6) is 0 Å². The van der Waals surface area contributed by atoms with Gasteiger partial charge in [-0.1, -0.05) is 10.3 Å². The van der Waals surface area contributed by atoms with Gasteiger partial charge in [-0.25, -0.2) is 0 Å². The van der Waals surface area contributed by atoms with Gasteiger partial charge < -0.3 is 14.8 Å². The normalized spacial score (nSPS) is 20.9. The zero-order chi connectivity index (χ0) is 12.9. The highest BCUT2D eigenvalue weighted by Gasteiger charge is 2.39. The zero-order valence-corrected chi connectivity index (χ0v) is 10.7. The molecule has 0 bridgehead atoms. The van der Waals surface area contributed by atoms with Crippen LogP contribution in [-0.4, -0.2) is 15.3 Å². The van der Waals surface area contributed by atoms with Crippen molar-refractivity contribution < 1.29 is 9.05 Å². The summed E-state index contributed by atoms with van der Waals surface area (Å²) < 4.78 is 10.7. The fourth-order valence-corrected chi connectivity index (χ4v) is 2.86. The lowest BCUT2D eigenvalue weighted by Crippen LogP contribution is -2.44. The number of aryl methyl sites for hydroxylation is 1. The van der Waals surface area contributed by atoms with Crippen LogP contribution in [0.3, 0.4) is 0 Å². The predicted octanol–water partition coefficient (Wildman–Crippen LogP) is 1.94. The summed E-state index contributed by atoms with van der Waals surface area (Å²) in [6.07, 6.45) is 7.20. The molecule has 0 aromatic carbocycles. The monoisotopic (exact) mass is 260 g/mol. The Morgan fingerprint density at radius 1 is 1.00 bits per heavy atom. The Bertz CT molecular complexity index is 612. The molecule has 0 radical (unpaired) electrons. The Hall–Kier alpha value is -1.69. The third-order valence-electron chi connectivity index (χ3n) is 4.27. The molecule has 4 rings (SSSR count). The van der Waals surface area contributed by atoms with Gasteiger partial charge in [0.05, 0.1) is 5.54 Å². The van der Waals surface area contributed by atoms with E-state index in [-0.39, 0.29) is 0 Å². The number of rotatable bonds is 2. The van der Waals surface area contributed by atoms with E-state index in [9.17, 15) is 0 Å². The Morgan fingerprint density at radius 2 is 1.84 bits per heavy atom. The largest absolute Gasteiger partial charge is 0.360 e. The first-order valence-electron chi connectivity index (χ1n) is 6.87. The van der Waals surface area contributed by atoms with E-state index < -0.39 is 5.54 Å². The van der Waals surface area contributed by atoms with Crippen molar-refractivity contribution in [2.45, 2.75) is 50.5 Å². The molecule has 6 heteroatoms. The molecule has 2 aromatic rings. The van der Waals surface area contributed by atoms with Crippen molar-refractivity contribution in [3.05, 3.63) is 17.1 Å². The Morgan fingerprint density at radius 3 is 2.63 bits per heavy atom. The van der Waals surface area contributed by atoms with E-state index in [0.717, 1.165) is 56.3 Å². The number of hydrogen-bond acceptors (Lipinski definition) is 6. The first kappa shape index (κ1) is 11.2. The van der Waals surface area contributed by atoms with Crippen LogP contribution in [0.1, 0.15) is 49.3 Å². The van der Waals surface area contributed by atoms with Crippen LogP contribution in [0.2, 0.25) is 0 Å². The second-order valence-corrected chi connectivity index (χ2v) is 5.57. The molecule has 0 atom stereocenters. The molecule has 0 aliphatic heterocycles. The van der Waals surface area contributed by atoms with Crippen molar-refractivity contribution in [3.8, 4) is 11.6 Å². The second kappa shape index (κ2) is 3.90. The minimum Gasteiger partial charge on any atom is -0.360 e. The van der Waals surface area contributed by atoms with Crippen LogP contribution >= 0.6 is 0 Å². The molecule has 0 unspecified atom stereocenters. The quantitative estimate of drug-likeness (QED) is 0.887. The summed E-state index contributed by atoms with van der Waals surface area (Å²) in [6.45, 7) is 0. The third kappa shape index (κ3) is 1.63. The Labute approximate surface area is 110 Å². The minimum atomic E-state index is -0.397. The maximum Gasteiger partial charge on any atom is 0.280 e. The first-order valence-corrected chi connectivity index (χ1v) is 6.87. The zero-order valence-electron chi connectivity index (χ0n) is 10.7. The molecule has 0 spiro atoms. The van der Waals surface area contributed by atoms with Crippen LogP contribution < -0.4 is 5.73 Å². The van der Waals surface area contributed by atoms with Gasteiger partial charge >= 0.3 is 0 Å². The van der Waals surface area contributed by atoms with Gasteiger partial charge in [-0.3, -0.25) is 0 Å². The lowest BCUT2D eigenvalue weighted by molar-refractivity contribution is 0.229. The molecule has 2 aromatic heterocycles. The molecule has 1 saturated carbocycles. The lowest BCUT2D eigenvalue weighted by Gasteiger charge is -2.34. The average molecular weight is 260 g/mol. The molecular formula is C13H16N4O2. The van der Waals surface area contributed by atoms with Gasteiger partial charge in [0.15, 0.2) is 11.5 Å². The summed E-state index contributed by atoms with van der Waals surface area (Å²) in [5, 5.41) is 8.12. The topological polar surface area (TPSA) is 91.0 Å². The Kier molecular flexibility index (Phi) is 2.29. The number of nitrogens with zero attached hydrogens (tertiary/aromatic N) is 3. The van der Waals surface area contributed by atoms with Gasteiger partial charge in [-0.2, -0.15) is 4.98 Å². The first-order chi connectivity index (χ1) is 9.26. The molecule has 2 N–H and O–H groups in total. The van der Waals surface area contributed by atoms with Gasteiger partial charge in [-0.15, -0.1) is 0 Å². The van der Waals surface area contributed by atoms with Crippen molar-refractivity contribution in [1.29, 1.82) is 0 Å². The van der Waals surface area contributed by atoms with Crippen molar-refractivity contribution in [2.24, 2.45) is 5.73 Å². The molecule has 100 valence electrons. The number of hydrogen-bond donors (Lipinski definition) is 1. The standard InChI is InChI=1S/C13H16N4O2/c14-13(6-3-7-13)12-15-11(19-17-12)10-8-4-1-2-5-9(8)18-16-10/h1-7,14H2. The maximum atomic E-state index is 6.20. The van der Waals surface area contributed by atoms with Gasteiger partial charge in [0, 0.05) is 12.0 Å². The van der Waals surface area contributed by atoms with Crippen LogP contribution in [0.25, 0.3) is 11.6 Å². The Balaban J connectivity index is 1.71. The van der Waals surface area contributed by atoms with E-state index in [1.54, 1.807) is 0 Å². The smallest absolute Gasteiger partial charge is 0.280 e. The highest BCUT2D eigenvalue weighted by Crippen LogP contribution is 2.38. The van der Waals surface area contributed by atoms with Gasteiger partial charge in [0.2, 0.25) is 0 Å². The molecule has 0 amide bonds. The number of fused-ring (bicyclic) bond motifs is 1. The highest BCUT2D eigenvalue weighted by molar-refractivity contribution is 5.54. The number of nitrogens with two attached hydrogens (primary N) is 1. The lowest BCUT2D eigenvalue weighted by atomic mass is 9.77. The van der Waals surface area contributed by atoms with Crippen molar-refractivity contribution >= 4 is 0 Å². The van der Waals surface area contributed by atoms with Gasteiger partial charge in [0.25, 0.3) is 5.89 Å². The fourth-order valence-electron chi connectivity index (χ4n) is 2.86. The van der Waals surface area contributed by atoms with E-state index in [1.807, 2.05) is 0 Å². The summed E-state index contributed by atoms with van der Waals surface area (Å²) in [5.41, 5.74) is 7.63. The SMILES string of the molecule is NC1(c2noc(-c3noc4c3CCCC4)n2)CCC1. The molecule has 1 fully saturated rings. The fraction of sp³-hybridized carbons (Fsp3) is 0.615. The minimum absolute atomic E-state index is 0.397. The summed E-state index contributed by atoms with van der Waals surface area (Å²) in [5.74, 6) is 2.01. The molecule has 2 aliphatic carbocycles. The summed E-state index contributed by atoms with van der Waals surface area (Å²) >= 11 is 0. The third-order valence-corrected chi connectivity index (χ3v) is 4.27. The van der Waals surface area contributed by atoms with Gasteiger partial charge in [0.1, 0.15) is 5.76 Å². The number of aromatic nitrogens is 3. The molecule has 0 saturated heterocycles. The summed E-state index contributed by atoms with van der Waals surface area (Å²) in [7, 11) is 0. The molecular weight excluding hydrogens is 244 g/mol. The van der Waals surface area contributed by atoms with E-state index in [1.165, 1.54) is 0 Å². The van der Waals surface area contributed by atoms with E-state index >= 15 is 0 Å². The molecule has 19 heavy (non-hydrogen) atoms.